The minimum atomic E-state index is 0.359. The minimum Gasteiger partial charge on any atom is -0.395 e. The summed E-state index contributed by atoms with van der Waals surface area (Å²) in [5.41, 5.74) is 8.20. The van der Waals surface area contributed by atoms with Crippen molar-refractivity contribution in [2.75, 3.05) is 17.6 Å². The summed E-state index contributed by atoms with van der Waals surface area (Å²) in [4.78, 5) is 4.24. The number of hydrogen-bond donors (Lipinski definition) is 2. The van der Waals surface area contributed by atoms with Crippen LogP contribution in [0.3, 0.4) is 0 Å². The van der Waals surface area contributed by atoms with E-state index in [0.29, 0.717) is 10.8 Å². The maximum Gasteiger partial charge on any atom is 0.154 e. The topological polar surface area (TPSA) is 50.9 Å². The molecule has 0 amide bonds. The Labute approximate surface area is 113 Å². The van der Waals surface area contributed by atoms with Gasteiger partial charge < -0.3 is 11.1 Å². The molecule has 0 atom stereocenters. The molecule has 18 heavy (non-hydrogen) atoms. The van der Waals surface area contributed by atoms with Crippen LogP contribution >= 0.6 is 11.6 Å². The van der Waals surface area contributed by atoms with Gasteiger partial charge in [0.25, 0.3) is 0 Å². The molecule has 1 heterocycles. The summed E-state index contributed by atoms with van der Waals surface area (Å²) in [5.74, 6) is 0. The molecule has 1 aromatic heterocycles. The van der Waals surface area contributed by atoms with Crippen LogP contribution in [0.1, 0.15) is 27.2 Å². The first-order chi connectivity index (χ1) is 8.74. The fraction of sp³-hybridized carbons (Fsp3) is 0.357. The molecule has 3 nitrogen and oxygen atoms in total. The third kappa shape index (κ3) is 3.05. The van der Waals surface area contributed by atoms with Crippen molar-refractivity contribution >= 4 is 33.9 Å². The average Bonchev–Trinajstić information content (AvgIpc) is 2.42. The number of halogens is 1. The lowest BCUT2D eigenvalue weighted by molar-refractivity contribution is 0.981. The van der Waals surface area contributed by atoms with E-state index < -0.39 is 0 Å². The second-order valence-corrected chi connectivity index (χ2v) is 3.99. The van der Waals surface area contributed by atoms with Crippen LogP contribution in [0.5, 0.6) is 0 Å². The number of benzene rings is 1. The molecular weight excluding hydrogens is 246 g/mol. The van der Waals surface area contributed by atoms with Crippen molar-refractivity contribution in [3.8, 4) is 0 Å². The molecule has 3 N–H and O–H groups in total. The quantitative estimate of drug-likeness (QED) is 0.813. The Bertz CT molecular complexity index is 512. The van der Waals surface area contributed by atoms with Gasteiger partial charge in [-0.25, -0.2) is 4.98 Å². The predicted octanol–water partition coefficient (Wildman–Crippen LogP) is 4.32. The highest BCUT2D eigenvalue weighted by Crippen LogP contribution is 2.32. The van der Waals surface area contributed by atoms with Gasteiger partial charge in [0.1, 0.15) is 0 Å². The molecule has 2 aromatic rings. The molecule has 0 radical (unpaired) electrons. The Kier molecular flexibility index (Phi) is 5.72. The highest BCUT2D eigenvalue weighted by molar-refractivity contribution is 6.33. The molecule has 0 saturated heterocycles. The van der Waals surface area contributed by atoms with Crippen LogP contribution in [0.25, 0.3) is 10.9 Å². The van der Waals surface area contributed by atoms with E-state index in [-0.39, 0.29) is 0 Å². The number of pyridine rings is 1. The van der Waals surface area contributed by atoms with Crippen LogP contribution in [0, 0.1) is 0 Å². The average molecular weight is 266 g/mol. The van der Waals surface area contributed by atoms with Gasteiger partial charge in [0, 0.05) is 11.9 Å². The molecule has 0 saturated carbocycles. The zero-order valence-corrected chi connectivity index (χ0v) is 11.9. The maximum atomic E-state index is 6.00. The standard InChI is InChI=1S/C12H14ClN3.C2H6/c1-2-7-15-11-8-5-3-4-6-9(8)16-12(13)10(11)14;1-2/h3-6H,2,7,14H2,1H3,(H,15,16);1-2H3. The van der Waals surface area contributed by atoms with Crippen LogP contribution in [0.2, 0.25) is 5.15 Å². The molecule has 0 aliphatic heterocycles. The summed E-state index contributed by atoms with van der Waals surface area (Å²) >= 11 is 6.00. The zero-order chi connectivity index (χ0) is 13.5. The van der Waals surface area contributed by atoms with Gasteiger partial charge in [0.05, 0.1) is 16.9 Å². The van der Waals surface area contributed by atoms with E-state index in [1.165, 1.54) is 0 Å². The molecule has 0 fully saturated rings. The number of nitrogens with one attached hydrogen (secondary N) is 1. The Morgan fingerprint density at radius 3 is 2.61 bits per heavy atom. The van der Waals surface area contributed by atoms with E-state index in [1.54, 1.807) is 0 Å². The van der Waals surface area contributed by atoms with Crippen LogP contribution < -0.4 is 11.1 Å². The smallest absolute Gasteiger partial charge is 0.154 e. The van der Waals surface area contributed by atoms with Gasteiger partial charge in [-0.15, -0.1) is 0 Å². The molecule has 0 aliphatic rings. The van der Waals surface area contributed by atoms with Crippen molar-refractivity contribution in [2.45, 2.75) is 27.2 Å². The van der Waals surface area contributed by atoms with E-state index in [9.17, 15) is 0 Å². The molecule has 0 bridgehead atoms. The van der Waals surface area contributed by atoms with Crippen molar-refractivity contribution in [2.24, 2.45) is 0 Å². The lowest BCUT2D eigenvalue weighted by Gasteiger charge is -2.12. The molecule has 0 spiro atoms. The van der Waals surface area contributed by atoms with Gasteiger partial charge in [-0.3, -0.25) is 0 Å². The molecule has 2 rings (SSSR count). The lowest BCUT2D eigenvalue weighted by Crippen LogP contribution is -2.05. The monoisotopic (exact) mass is 265 g/mol. The number of nitrogen functional groups attached to an aromatic ring is 1. The van der Waals surface area contributed by atoms with Crippen molar-refractivity contribution < 1.29 is 0 Å². The Morgan fingerprint density at radius 2 is 1.94 bits per heavy atom. The first-order valence-corrected chi connectivity index (χ1v) is 6.69. The maximum absolute atomic E-state index is 6.00. The number of fused-ring (bicyclic) bond motifs is 1. The molecule has 0 aliphatic carbocycles. The van der Waals surface area contributed by atoms with Gasteiger partial charge in [-0.1, -0.05) is 50.6 Å². The first kappa shape index (κ1) is 14.6. The molecule has 98 valence electrons. The summed E-state index contributed by atoms with van der Waals surface area (Å²) in [7, 11) is 0. The summed E-state index contributed by atoms with van der Waals surface area (Å²) < 4.78 is 0. The molecule has 1 aromatic carbocycles. The predicted molar refractivity (Wildman–Crippen MR) is 81.3 cm³/mol. The number of nitrogens with zero attached hydrogens (tertiary/aromatic N) is 1. The van der Waals surface area contributed by atoms with Gasteiger partial charge in [0.15, 0.2) is 5.15 Å². The third-order valence-corrected chi connectivity index (χ3v) is 2.72. The SMILES string of the molecule is CC.CCCNc1c(N)c(Cl)nc2ccccc12. The highest BCUT2D eigenvalue weighted by Gasteiger charge is 2.09. The zero-order valence-electron chi connectivity index (χ0n) is 11.1. The van der Waals surface area contributed by atoms with Crippen molar-refractivity contribution in [3.63, 3.8) is 0 Å². The van der Waals surface area contributed by atoms with E-state index in [1.807, 2.05) is 38.1 Å². The Morgan fingerprint density at radius 1 is 1.28 bits per heavy atom. The largest absolute Gasteiger partial charge is 0.395 e. The summed E-state index contributed by atoms with van der Waals surface area (Å²) in [6, 6.07) is 7.82. The lowest BCUT2D eigenvalue weighted by atomic mass is 10.1. The van der Waals surface area contributed by atoms with E-state index in [2.05, 4.69) is 17.2 Å². The van der Waals surface area contributed by atoms with Gasteiger partial charge in [-0.05, 0) is 12.5 Å². The van der Waals surface area contributed by atoms with Gasteiger partial charge in [0.2, 0.25) is 0 Å². The summed E-state index contributed by atoms with van der Waals surface area (Å²) in [6.45, 7) is 6.97. The Balaban J connectivity index is 0.000000771. The van der Waals surface area contributed by atoms with Crippen LogP contribution in [0.15, 0.2) is 24.3 Å². The van der Waals surface area contributed by atoms with Crippen molar-refractivity contribution in [1.82, 2.24) is 4.98 Å². The fourth-order valence-electron chi connectivity index (χ4n) is 1.64. The second-order valence-electron chi connectivity index (χ2n) is 3.64. The number of anilines is 2. The van der Waals surface area contributed by atoms with Crippen LogP contribution in [-0.4, -0.2) is 11.5 Å². The molecular formula is C14H20ClN3. The number of aromatic nitrogens is 1. The van der Waals surface area contributed by atoms with E-state index >= 15 is 0 Å². The fourth-order valence-corrected chi connectivity index (χ4v) is 1.82. The Hall–Kier alpha value is -1.48. The van der Waals surface area contributed by atoms with E-state index in [4.69, 9.17) is 17.3 Å². The van der Waals surface area contributed by atoms with Gasteiger partial charge >= 0.3 is 0 Å². The first-order valence-electron chi connectivity index (χ1n) is 6.31. The molecule has 0 unspecified atom stereocenters. The molecule has 4 heteroatoms. The second kappa shape index (κ2) is 7.07. The summed E-state index contributed by atoms with van der Waals surface area (Å²) in [5, 5.41) is 4.67. The normalized spacial score (nSPS) is 9.78. The minimum absolute atomic E-state index is 0.359. The number of para-hydroxylation sites is 1. The van der Waals surface area contributed by atoms with Crippen LogP contribution in [0.4, 0.5) is 11.4 Å². The highest BCUT2D eigenvalue weighted by atomic mass is 35.5. The van der Waals surface area contributed by atoms with Crippen molar-refractivity contribution in [3.05, 3.63) is 29.4 Å². The van der Waals surface area contributed by atoms with Crippen molar-refractivity contribution in [1.29, 1.82) is 0 Å². The third-order valence-electron chi connectivity index (χ3n) is 2.44. The number of nitrogens with two attached hydrogens (primary N) is 1. The number of hydrogen-bond acceptors (Lipinski definition) is 3. The van der Waals surface area contributed by atoms with Crippen LogP contribution in [-0.2, 0) is 0 Å². The van der Waals surface area contributed by atoms with E-state index in [0.717, 1.165) is 29.6 Å². The summed E-state index contributed by atoms with van der Waals surface area (Å²) in [6.07, 6.45) is 1.04. The number of rotatable bonds is 3. The van der Waals surface area contributed by atoms with Gasteiger partial charge in [-0.2, -0.15) is 0 Å².